The molecule has 5 rings (SSSR count). The molecule has 4 aliphatic rings. The van der Waals surface area contributed by atoms with Crippen molar-refractivity contribution in [3.8, 4) is 5.75 Å². The summed E-state index contributed by atoms with van der Waals surface area (Å²) in [7, 11) is -2.04. The van der Waals surface area contributed by atoms with E-state index in [4.69, 9.17) is 9.47 Å². The summed E-state index contributed by atoms with van der Waals surface area (Å²) in [4.78, 5) is 15.0. The number of nitrogens with zero attached hydrogens (tertiary/aromatic N) is 2. The standard InChI is InChI=1S/C25H36FN3O5S/c1-28-14-20(15-28)34-19-8-10-29(11-9-19)35(31,32)27-25(30)22-12-21(18-6-7-18)24(13-23(22)26)33-16-17-4-2-3-5-17/h12-13,17-20H,2-11,14-16H2,1H3,(H,27,30). The molecule has 0 spiro atoms. The molecule has 2 aliphatic carbocycles. The number of likely N-dealkylation sites (tertiary alicyclic amines) is 1. The van der Waals surface area contributed by atoms with Crippen molar-refractivity contribution in [1.29, 1.82) is 0 Å². The third-order valence-electron chi connectivity index (χ3n) is 7.69. The molecule has 2 saturated heterocycles. The van der Waals surface area contributed by atoms with Crippen LogP contribution in [-0.4, -0.2) is 75.6 Å². The highest BCUT2D eigenvalue weighted by Gasteiger charge is 2.34. The van der Waals surface area contributed by atoms with E-state index in [1.54, 1.807) is 0 Å². The number of carbonyl (C=O) groups excluding carboxylic acids is 1. The molecule has 2 saturated carbocycles. The van der Waals surface area contributed by atoms with Crippen molar-refractivity contribution < 1.29 is 27.1 Å². The number of hydrogen-bond donors (Lipinski definition) is 1. The summed E-state index contributed by atoms with van der Waals surface area (Å²) in [5.74, 6) is -0.505. The van der Waals surface area contributed by atoms with Crippen LogP contribution in [0, 0.1) is 11.7 Å². The van der Waals surface area contributed by atoms with Crippen LogP contribution < -0.4 is 9.46 Å². The SMILES string of the molecule is CN1CC(OC2CCN(S(=O)(=O)NC(=O)c3cc(C4CC4)c(OCC4CCCC4)cc3F)CC2)C1. The minimum Gasteiger partial charge on any atom is -0.493 e. The monoisotopic (exact) mass is 509 g/mol. The van der Waals surface area contributed by atoms with Gasteiger partial charge in [-0.3, -0.25) is 4.79 Å². The first-order valence-electron chi connectivity index (χ1n) is 12.9. The second-order valence-corrected chi connectivity index (χ2v) is 12.3. The fraction of sp³-hybridized carbons (Fsp3) is 0.720. The van der Waals surface area contributed by atoms with Crippen LogP contribution in [0.4, 0.5) is 4.39 Å². The van der Waals surface area contributed by atoms with Gasteiger partial charge in [0.2, 0.25) is 0 Å². The van der Waals surface area contributed by atoms with Gasteiger partial charge < -0.3 is 14.4 Å². The normalized spacial score (nSPS) is 23.4. The molecule has 194 valence electrons. The lowest BCUT2D eigenvalue weighted by molar-refractivity contribution is -0.0957. The molecule has 35 heavy (non-hydrogen) atoms. The van der Waals surface area contributed by atoms with Crippen LogP contribution in [0.2, 0.25) is 0 Å². The van der Waals surface area contributed by atoms with Crippen molar-refractivity contribution >= 4 is 16.1 Å². The minimum absolute atomic E-state index is 0.0196. The average molecular weight is 510 g/mol. The number of halogens is 1. The molecule has 8 nitrogen and oxygen atoms in total. The molecular formula is C25H36FN3O5S. The Hall–Kier alpha value is -1.75. The van der Waals surface area contributed by atoms with Gasteiger partial charge in [0.1, 0.15) is 11.6 Å². The summed E-state index contributed by atoms with van der Waals surface area (Å²) in [6.07, 6.45) is 7.94. The van der Waals surface area contributed by atoms with Crippen LogP contribution in [-0.2, 0) is 14.9 Å². The molecule has 0 radical (unpaired) electrons. The highest BCUT2D eigenvalue weighted by molar-refractivity contribution is 7.87. The zero-order valence-electron chi connectivity index (χ0n) is 20.4. The molecular weight excluding hydrogens is 473 g/mol. The zero-order chi connectivity index (χ0) is 24.6. The molecule has 1 aromatic rings. The highest BCUT2D eigenvalue weighted by atomic mass is 32.2. The lowest BCUT2D eigenvalue weighted by Gasteiger charge is -2.40. The first kappa shape index (κ1) is 24.9. The van der Waals surface area contributed by atoms with Crippen LogP contribution in [0.25, 0.3) is 0 Å². The summed E-state index contributed by atoms with van der Waals surface area (Å²) < 4.78 is 56.0. The van der Waals surface area contributed by atoms with E-state index < -0.39 is 21.9 Å². The van der Waals surface area contributed by atoms with Crippen molar-refractivity contribution in [3.63, 3.8) is 0 Å². The number of amides is 1. The van der Waals surface area contributed by atoms with Gasteiger partial charge in [-0.2, -0.15) is 12.7 Å². The topological polar surface area (TPSA) is 88.2 Å². The quantitative estimate of drug-likeness (QED) is 0.551. The van der Waals surface area contributed by atoms with Gasteiger partial charge in [0.25, 0.3) is 5.91 Å². The van der Waals surface area contributed by atoms with Gasteiger partial charge in [-0.05, 0) is 69.0 Å². The number of ether oxygens (including phenoxy) is 2. The lowest BCUT2D eigenvalue weighted by atomic mass is 10.0. The van der Waals surface area contributed by atoms with Gasteiger partial charge in [-0.1, -0.05) is 12.8 Å². The van der Waals surface area contributed by atoms with E-state index in [9.17, 15) is 17.6 Å². The van der Waals surface area contributed by atoms with Gasteiger partial charge >= 0.3 is 10.2 Å². The third-order valence-corrected chi connectivity index (χ3v) is 9.18. The van der Waals surface area contributed by atoms with Gasteiger partial charge in [-0.25, -0.2) is 9.11 Å². The van der Waals surface area contributed by atoms with Crippen LogP contribution in [0.15, 0.2) is 12.1 Å². The Labute approximate surface area is 207 Å². The molecule has 0 unspecified atom stereocenters. The number of likely N-dealkylation sites (N-methyl/N-ethyl adjacent to an activating group) is 1. The number of carbonyl (C=O) groups is 1. The maximum atomic E-state index is 15.0. The van der Waals surface area contributed by atoms with E-state index in [2.05, 4.69) is 9.62 Å². The second kappa shape index (κ2) is 10.3. The minimum atomic E-state index is -4.08. The van der Waals surface area contributed by atoms with Crippen molar-refractivity contribution in [2.45, 2.75) is 69.5 Å². The smallest absolute Gasteiger partial charge is 0.304 e. The Morgan fingerprint density at radius 3 is 2.37 bits per heavy atom. The fourth-order valence-electron chi connectivity index (χ4n) is 5.41. The van der Waals surface area contributed by atoms with Crippen molar-refractivity contribution in [3.05, 3.63) is 29.1 Å². The number of benzene rings is 1. The third kappa shape index (κ3) is 5.98. The Morgan fingerprint density at radius 2 is 1.74 bits per heavy atom. The van der Waals surface area contributed by atoms with E-state index >= 15 is 0 Å². The molecule has 0 atom stereocenters. The van der Waals surface area contributed by atoms with E-state index in [0.717, 1.165) is 44.3 Å². The largest absolute Gasteiger partial charge is 0.493 e. The summed E-state index contributed by atoms with van der Waals surface area (Å²) in [5, 5.41) is 0. The predicted octanol–water partition coefficient (Wildman–Crippen LogP) is 3.04. The van der Waals surface area contributed by atoms with Gasteiger partial charge in [-0.15, -0.1) is 0 Å². The van der Waals surface area contributed by atoms with Crippen LogP contribution in [0.1, 0.15) is 73.2 Å². The maximum Gasteiger partial charge on any atom is 0.304 e. The van der Waals surface area contributed by atoms with Crippen LogP contribution >= 0.6 is 0 Å². The van der Waals surface area contributed by atoms with E-state index in [1.807, 2.05) is 7.05 Å². The zero-order valence-corrected chi connectivity index (χ0v) is 21.2. The molecule has 0 aromatic heterocycles. The van der Waals surface area contributed by atoms with E-state index in [0.29, 0.717) is 31.1 Å². The molecule has 1 N–H and O–H groups in total. The second-order valence-electron chi connectivity index (χ2n) is 10.6. The van der Waals surface area contributed by atoms with Gasteiger partial charge in [0.05, 0.1) is 24.4 Å². The van der Waals surface area contributed by atoms with Gasteiger partial charge in [0.15, 0.2) is 0 Å². The van der Waals surface area contributed by atoms with Crippen LogP contribution in [0.3, 0.4) is 0 Å². The van der Waals surface area contributed by atoms with Crippen molar-refractivity contribution in [1.82, 2.24) is 13.9 Å². The first-order valence-corrected chi connectivity index (χ1v) is 14.3. The molecule has 2 heterocycles. The molecule has 1 amide bonds. The average Bonchev–Trinajstić information content (AvgIpc) is 3.51. The molecule has 2 aliphatic heterocycles. The molecule has 10 heteroatoms. The number of hydrogen-bond acceptors (Lipinski definition) is 6. The predicted molar refractivity (Wildman–Crippen MR) is 129 cm³/mol. The number of piperidine rings is 1. The number of nitrogens with one attached hydrogen (secondary N) is 1. The number of rotatable bonds is 9. The maximum absolute atomic E-state index is 15.0. The lowest BCUT2D eigenvalue weighted by Crippen LogP contribution is -2.53. The molecule has 4 fully saturated rings. The Kier molecular flexibility index (Phi) is 7.35. The summed E-state index contributed by atoms with van der Waals surface area (Å²) in [6.45, 7) is 2.87. The summed E-state index contributed by atoms with van der Waals surface area (Å²) in [5.41, 5.74) is 0.544. The highest BCUT2D eigenvalue weighted by Crippen LogP contribution is 2.45. The van der Waals surface area contributed by atoms with Crippen LogP contribution in [0.5, 0.6) is 5.75 Å². The molecule has 0 bridgehead atoms. The van der Waals surface area contributed by atoms with E-state index in [1.165, 1.54) is 29.3 Å². The van der Waals surface area contributed by atoms with Gasteiger partial charge in [0, 0.05) is 32.2 Å². The van der Waals surface area contributed by atoms with E-state index in [-0.39, 0.29) is 36.8 Å². The Balaban J connectivity index is 1.20. The van der Waals surface area contributed by atoms with Crippen molar-refractivity contribution in [2.24, 2.45) is 5.92 Å². The first-order chi connectivity index (χ1) is 16.8. The fourth-order valence-corrected chi connectivity index (χ4v) is 6.58. The Bertz CT molecular complexity index is 1030. The Morgan fingerprint density at radius 1 is 1.06 bits per heavy atom. The summed E-state index contributed by atoms with van der Waals surface area (Å²) in [6, 6.07) is 2.74. The van der Waals surface area contributed by atoms with Crippen molar-refractivity contribution in [2.75, 3.05) is 39.8 Å². The summed E-state index contributed by atoms with van der Waals surface area (Å²) >= 11 is 0. The molecule has 1 aromatic carbocycles.